The van der Waals surface area contributed by atoms with Crippen LogP contribution in [0, 0.1) is 11.3 Å². The first-order chi connectivity index (χ1) is 16.5. The van der Waals surface area contributed by atoms with E-state index in [2.05, 4.69) is 16.0 Å². The number of nitriles is 1. The van der Waals surface area contributed by atoms with Crippen molar-refractivity contribution < 1.29 is 19.1 Å². The highest BCUT2D eigenvalue weighted by Gasteiger charge is 2.17. The van der Waals surface area contributed by atoms with Gasteiger partial charge in [-0.15, -0.1) is 0 Å². The standard InChI is InChI=1S/C25H29N5O4/c26-15-5-16-30(21-6-2-1-3-7-21)24(32)14-13-23(31)28-19-9-11-20(12-10-19)29-25(33)27-18-22-8-4-17-34-22/h1-3,6-7,9-12,22H,4-5,8,13-14,16-18H2,(H,28,31)(H2,27,29,33). The summed E-state index contributed by atoms with van der Waals surface area (Å²) in [5, 5.41) is 17.2. The van der Waals surface area contributed by atoms with Crippen LogP contribution in [0.5, 0.6) is 0 Å². The summed E-state index contributed by atoms with van der Waals surface area (Å²) in [4.78, 5) is 38.5. The van der Waals surface area contributed by atoms with E-state index >= 15 is 0 Å². The third-order valence-corrected chi connectivity index (χ3v) is 5.32. The van der Waals surface area contributed by atoms with Crippen molar-refractivity contribution in [3.63, 3.8) is 0 Å². The number of para-hydroxylation sites is 1. The van der Waals surface area contributed by atoms with Crippen LogP contribution in [0.15, 0.2) is 54.6 Å². The van der Waals surface area contributed by atoms with Crippen molar-refractivity contribution in [2.45, 2.75) is 38.2 Å². The van der Waals surface area contributed by atoms with Gasteiger partial charge >= 0.3 is 6.03 Å². The largest absolute Gasteiger partial charge is 0.376 e. The van der Waals surface area contributed by atoms with Crippen LogP contribution in [0.25, 0.3) is 0 Å². The molecule has 1 atom stereocenters. The first-order valence-electron chi connectivity index (χ1n) is 11.3. The van der Waals surface area contributed by atoms with Crippen LogP contribution in [0.2, 0.25) is 0 Å². The minimum atomic E-state index is -0.315. The minimum absolute atomic E-state index is 0.0143. The van der Waals surface area contributed by atoms with Crippen LogP contribution >= 0.6 is 0 Å². The molecule has 2 aromatic carbocycles. The molecule has 0 spiro atoms. The summed E-state index contributed by atoms with van der Waals surface area (Å²) in [6.07, 6.45) is 2.28. The third-order valence-electron chi connectivity index (χ3n) is 5.32. The Hall–Kier alpha value is -3.90. The van der Waals surface area contributed by atoms with Crippen molar-refractivity contribution in [1.29, 1.82) is 5.26 Å². The Kier molecular flexibility index (Phi) is 9.43. The lowest BCUT2D eigenvalue weighted by molar-refractivity contribution is -0.122. The fourth-order valence-electron chi connectivity index (χ4n) is 3.57. The monoisotopic (exact) mass is 463 g/mol. The molecule has 2 aromatic rings. The van der Waals surface area contributed by atoms with Crippen LogP contribution in [0.3, 0.4) is 0 Å². The van der Waals surface area contributed by atoms with E-state index < -0.39 is 0 Å². The Balaban J connectivity index is 1.43. The second-order valence-electron chi connectivity index (χ2n) is 7.88. The van der Waals surface area contributed by atoms with E-state index in [1.54, 1.807) is 36.4 Å². The van der Waals surface area contributed by atoms with Crippen LogP contribution in [0.1, 0.15) is 32.1 Å². The molecule has 0 aromatic heterocycles. The predicted molar refractivity (Wildman–Crippen MR) is 129 cm³/mol. The molecule has 1 aliphatic rings. The fourth-order valence-corrected chi connectivity index (χ4v) is 3.57. The normalized spacial score (nSPS) is 14.6. The number of carbonyl (C=O) groups excluding carboxylic acids is 3. The zero-order valence-corrected chi connectivity index (χ0v) is 19.0. The average Bonchev–Trinajstić information content (AvgIpc) is 3.37. The van der Waals surface area contributed by atoms with Crippen molar-refractivity contribution in [3.8, 4) is 6.07 Å². The van der Waals surface area contributed by atoms with E-state index in [0.29, 0.717) is 23.6 Å². The number of hydrogen-bond donors (Lipinski definition) is 3. The Morgan fingerprint density at radius 2 is 1.71 bits per heavy atom. The number of nitrogens with one attached hydrogen (secondary N) is 3. The maximum Gasteiger partial charge on any atom is 0.319 e. The Morgan fingerprint density at radius 3 is 2.35 bits per heavy atom. The van der Waals surface area contributed by atoms with E-state index in [0.717, 1.165) is 19.4 Å². The molecule has 34 heavy (non-hydrogen) atoms. The Bertz CT molecular complexity index is 998. The van der Waals surface area contributed by atoms with E-state index in [-0.39, 0.29) is 49.8 Å². The number of hydrogen-bond acceptors (Lipinski definition) is 5. The number of nitrogens with zero attached hydrogens (tertiary/aromatic N) is 2. The van der Waals surface area contributed by atoms with E-state index in [1.165, 1.54) is 4.90 Å². The SMILES string of the molecule is N#CCCN(C(=O)CCC(=O)Nc1ccc(NC(=O)NCC2CCCO2)cc1)c1ccccc1. The fraction of sp³-hybridized carbons (Fsp3) is 0.360. The second-order valence-corrected chi connectivity index (χ2v) is 7.88. The summed E-state index contributed by atoms with van der Waals surface area (Å²) >= 11 is 0. The van der Waals surface area contributed by atoms with Crippen molar-refractivity contribution in [2.75, 3.05) is 35.2 Å². The molecule has 0 bridgehead atoms. The zero-order valence-electron chi connectivity index (χ0n) is 19.0. The van der Waals surface area contributed by atoms with Crippen molar-refractivity contribution in [2.24, 2.45) is 0 Å². The van der Waals surface area contributed by atoms with Gasteiger partial charge in [-0.05, 0) is 49.2 Å². The predicted octanol–water partition coefficient (Wildman–Crippen LogP) is 3.65. The third kappa shape index (κ3) is 7.90. The van der Waals surface area contributed by atoms with E-state index in [1.807, 2.05) is 24.3 Å². The highest BCUT2D eigenvalue weighted by molar-refractivity contribution is 5.98. The van der Waals surface area contributed by atoms with E-state index in [9.17, 15) is 14.4 Å². The van der Waals surface area contributed by atoms with Gasteiger partial charge < -0.3 is 25.6 Å². The molecule has 0 aliphatic carbocycles. The summed E-state index contributed by atoms with van der Waals surface area (Å²) in [5.41, 5.74) is 1.85. The lowest BCUT2D eigenvalue weighted by atomic mass is 10.2. The molecule has 9 nitrogen and oxygen atoms in total. The van der Waals surface area contributed by atoms with E-state index in [4.69, 9.17) is 10.00 Å². The van der Waals surface area contributed by atoms with Gasteiger partial charge in [-0.1, -0.05) is 18.2 Å². The number of benzene rings is 2. The quantitative estimate of drug-likeness (QED) is 0.496. The van der Waals surface area contributed by atoms with Gasteiger partial charge in [0.15, 0.2) is 0 Å². The topological polar surface area (TPSA) is 124 Å². The highest BCUT2D eigenvalue weighted by atomic mass is 16.5. The number of ether oxygens (including phenoxy) is 1. The Labute approximate surface area is 199 Å². The van der Waals surface area contributed by atoms with Gasteiger partial charge in [-0.25, -0.2) is 4.79 Å². The minimum Gasteiger partial charge on any atom is -0.376 e. The van der Waals surface area contributed by atoms with Crippen LogP contribution < -0.4 is 20.9 Å². The van der Waals surface area contributed by atoms with Gasteiger partial charge in [0.25, 0.3) is 0 Å². The molecule has 178 valence electrons. The highest BCUT2D eigenvalue weighted by Crippen LogP contribution is 2.17. The molecule has 3 N–H and O–H groups in total. The lowest BCUT2D eigenvalue weighted by Gasteiger charge is -2.21. The molecule has 1 aliphatic heterocycles. The molecule has 1 fully saturated rings. The van der Waals surface area contributed by atoms with Crippen LogP contribution in [-0.2, 0) is 14.3 Å². The molecule has 1 heterocycles. The molecule has 9 heteroatoms. The number of rotatable bonds is 10. The van der Waals surface area contributed by atoms with Crippen molar-refractivity contribution in [3.05, 3.63) is 54.6 Å². The zero-order chi connectivity index (χ0) is 24.2. The van der Waals surface area contributed by atoms with Gasteiger partial charge in [0.05, 0.1) is 18.6 Å². The number of amides is 4. The average molecular weight is 464 g/mol. The number of urea groups is 1. The molecule has 4 amide bonds. The van der Waals surface area contributed by atoms with Crippen molar-refractivity contribution >= 4 is 34.9 Å². The van der Waals surface area contributed by atoms with Gasteiger partial charge in [0.2, 0.25) is 11.8 Å². The van der Waals surface area contributed by atoms with Crippen LogP contribution in [-0.4, -0.2) is 43.6 Å². The Morgan fingerprint density at radius 1 is 1.00 bits per heavy atom. The lowest BCUT2D eigenvalue weighted by Crippen LogP contribution is -2.35. The molecule has 1 saturated heterocycles. The first-order valence-corrected chi connectivity index (χ1v) is 11.3. The number of anilines is 3. The van der Waals surface area contributed by atoms with Gasteiger partial charge in [0.1, 0.15) is 0 Å². The molecule has 0 saturated carbocycles. The molecule has 3 rings (SSSR count). The summed E-state index contributed by atoms with van der Waals surface area (Å²) in [6, 6.07) is 17.6. The first kappa shape index (κ1) is 24.7. The summed E-state index contributed by atoms with van der Waals surface area (Å²) < 4.78 is 5.47. The molecule has 0 radical (unpaired) electrons. The smallest absolute Gasteiger partial charge is 0.319 e. The van der Waals surface area contributed by atoms with Crippen LogP contribution in [0.4, 0.5) is 21.9 Å². The second kappa shape index (κ2) is 13.0. The summed E-state index contributed by atoms with van der Waals surface area (Å²) in [7, 11) is 0. The summed E-state index contributed by atoms with van der Waals surface area (Å²) in [5.74, 6) is -0.512. The van der Waals surface area contributed by atoms with Crippen molar-refractivity contribution in [1.82, 2.24) is 5.32 Å². The molecule has 1 unspecified atom stereocenters. The summed E-state index contributed by atoms with van der Waals surface area (Å²) in [6.45, 7) is 1.48. The maximum atomic E-state index is 12.7. The van der Waals surface area contributed by atoms with Gasteiger partial charge in [-0.3, -0.25) is 9.59 Å². The molecular formula is C25H29N5O4. The van der Waals surface area contributed by atoms with Gasteiger partial charge in [0, 0.05) is 49.6 Å². The molecular weight excluding hydrogens is 434 g/mol. The maximum absolute atomic E-state index is 12.7. The van der Waals surface area contributed by atoms with Gasteiger partial charge in [-0.2, -0.15) is 5.26 Å². The number of carbonyl (C=O) groups is 3.